The molecule has 0 unspecified atom stereocenters. The Kier molecular flexibility index (Phi) is 4.81. The van der Waals surface area contributed by atoms with E-state index in [1.54, 1.807) is 12.1 Å². The molecule has 3 aromatic rings. The molecule has 0 atom stereocenters. The topological polar surface area (TPSA) is 66.9 Å². The van der Waals surface area contributed by atoms with E-state index in [9.17, 15) is 4.79 Å². The van der Waals surface area contributed by atoms with E-state index < -0.39 is 0 Å². The molecular formula is C19H18N4O. The molecule has 5 nitrogen and oxygen atoms in total. The summed E-state index contributed by atoms with van der Waals surface area (Å²) in [4.78, 5) is 12.0. The molecule has 0 spiro atoms. The van der Waals surface area contributed by atoms with Gasteiger partial charge in [-0.15, -0.1) is 10.2 Å². The van der Waals surface area contributed by atoms with E-state index in [-0.39, 0.29) is 5.91 Å². The average Bonchev–Trinajstić information content (AvgIpc) is 2.59. The molecule has 2 N–H and O–H groups in total. The number of benzene rings is 2. The van der Waals surface area contributed by atoms with Gasteiger partial charge < -0.3 is 10.6 Å². The number of nitrogens with one attached hydrogen (secondary N) is 2. The summed E-state index contributed by atoms with van der Waals surface area (Å²) in [6, 6.07) is 21.0. The first-order valence-corrected chi connectivity index (χ1v) is 7.71. The molecule has 0 radical (unpaired) electrons. The number of hydrogen-bond acceptors (Lipinski definition) is 4. The number of hydrogen-bond donors (Lipinski definition) is 2. The SMILES string of the molecule is Cc1ccccc1Nc1ccc(NC(=O)Cc2ccccc2)nn1. The van der Waals surface area contributed by atoms with Gasteiger partial charge >= 0.3 is 0 Å². The predicted octanol–water partition coefficient (Wildman–Crippen LogP) is 3.71. The van der Waals surface area contributed by atoms with Crippen molar-refractivity contribution in [2.75, 3.05) is 10.6 Å². The van der Waals surface area contributed by atoms with Crippen LogP contribution < -0.4 is 10.6 Å². The molecule has 3 rings (SSSR count). The first kappa shape index (κ1) is 15.7. The minimum Gasteiger partial charge on any atom is -0.339 e. The summed E-state index contributed by atoms with van der Waals surface area (Å²) in [6.07, 6.45) is 0.311. The van der Waals surface area contributed by atoms with Crippen molar-refractivity contribution in [3.63, 3.8) is 0 Å². The largest absolute Gasteiger partial charge is 0.339 e. The van der Waals surface area contributed by atoms with Crippen LogP contribution in [-0.4, -0.2) is 16.1 Å². The van der Waals surface area contributed by atoms with Crippen LogP contribution in [0, 0.1) is 6.92 Å². The molecule has 0 saturated carbocycles. The van der Waals surface area contributed by atoms with Crippen molar-refractivity contribution in [1.29, 1.82) is 0 Å². The fourth-order valence-electron chi connectivity index (χ4n) is 2.29. The van der Waals surface area contributed by atoms with Crippen LogP contribution >= 0.6 is 0 Å². The fraction of sp³-hybridized carbons (Fsp3) is 0.105. The molecule has 0 aliphatic heterocycles. The first-order chi connectivity index (χ1) is 11.7. The molecule has 0 fully saturated rings. The first-order valence-electron chi connectivity index (χ1n) is 7.71. The maximum Gasteiger partial charge on any atom is 0.229 e. The lowest BCUT2D eigenvalue weighted by Gasteiger charge is -2.08. The van der Waals surface area contributed by atoms with E-state index in [0.29, 0.717) is 18.1 Å². The second-order valence-corrected chi connectivity index (χ2v) is 5.45. The van der Waals surface area contributed by atoms with E-state index in [0.717, 1.165) is 16.8 Å². The highest BCUT2D eigenvalue weighted by Gasteiger charge is 2.06. The van der Waals surface area contributed by atoms with Gasteiger partial charge in [0.1, 0.15) is 0 Å². The molecule has 0 bridgehead atoms. The van der Waals surface area contributed by atoms with Crippen LogP contribution in [0.5, 0.6) is 0 Å². The third kappa shape index (κ3) is 4.16. The molecule has 24 heavy (non-hydrogen) atoms. The van der Waals surface area contributed by atoms with Crippen LogP contribution in [0.15, 0.2) is 66.7 Å². The molecule has 1 heterocycles. The monoisotopic (exact) mass is 318 g/mol. The maximum absolute atomic E-state index is 12.0. The molecule has 5 heteroatoms. The molecule has 1 aromatic heterocycles. The van der Waals surface area contributed by atoms with Gasteiger partial charge in [0, 0.05) is 5.69 Å². The predicted molar refractivity (Wildman–Crippen MR) is 95.3 cm³/mol. The van der Waals surface area contributed by atoms with Crippen LogP contribution in [-0.2, 0) is 11.2 Å². The Bertz CT molecular complexity index is 816. The Morgan fingerprint density at radius 2 is 1.54 bits per heavy atom. The average molecular weight is 318 g/mol. The highest BCUT2D eigenvalue weighted by atomic mass is 16.1. The molecule has 120 valence electrons. The summed E-state index contributed by atoms with van der Waals surface area (Å²) in [5, 5.41) is 14.1. The van der Waals surface area contributed by atoms with Crippen LogP contribution in [0.1, 0.15) is 11.1 Å². The van der Waals surface area contributed by atoms with Gasteiger partial charge in [-0.05, 0) is 36.2 Å². The van der Waals surface area contributed by atoms with Gasteiger partial charge in [-0.25, -0.2) is 0 Å². The number of rotatable bonds is 5. The normalized spacial score (nSPS) is 10.2. The second kappa shape index (κ2) is 7.37. The zero-order chi connectivity index (χ0) is 16.8. The van der Waals surface area contributed by atoms with Crippen molar-refractivity contribution in [2.24, 2.45) is 0 Å². The molecule has 0 aliphatic carbocycles. The Hall–Kier alpha value is -3.21. The van der Waals surface area contributed by atoms with E-state index in [2.05, 4.69) is 20.8 Å². The summed E-state index contributed by atoms with van der Waals surface area (Å²) in [7, 11) is 0. The summed E-state index contributed by atoms with van der Waals surface area (Å²) in [5.41, 5.74) is 3.06. The summed E-state index contributed by atoms with van der Waals surface area (Å²) < 4.78 is 0. The van der Waals surface area contributed by atoms with Crippen molar-refractivity contribution < 1.29 is 4.79 Å². The number of para-hydroxylation sites is 1. The van der Waals surface area contributed by atoms with E-state index in [1.165, 1.54) is 0 Å². The van der Waals surface area contributed by atoms with Gasteiger partial charge in [0.05, 0.1) is 6.42 Å². The van der Waals surface area contributed by atoms with Crippen LogP contribution in [0.25, 0.3) is 0 Å². The van der Waals surface area contributed by atoms with Gasteiger partial charge in [-0.2, -0.15) is 0 Å². The number of aryl methyl sites for hydroxylation is 1. The molecule has 2 aromatic carbocycles. The molecular weight excluding hydrogens is 300 g/mol. The van der Waals surface area contributed by atoms with Gasteiger partial charge in [0.25, 0.3) is 0 Å². The smallest absolute Gasteiger partial charge is 0.229 e. The molecule has 1 amide bonds. The summed E-state index contributed by atoms with van der Waals surface area (Å²) in [6.45, 7) is 2.02. The van der Waals surface area contributed by atoms with Gasteiger partial charge in [-0.1, -0.05) is 48.5 Å². The minimum absolute atomic E-state index is 0.116. The lowest BCUT2D eigenvalue weighted by atomic mass is 10.1. The lowest BCUT2D eigenvalue weighted by Crippen LogP contribution is -2.15. The highest BCUT2D eigenvalue weighted by Crippen LogP contribution is 2.18. The number of nitrogens with zero attached hydrogens (tertiary/aromatic N) is 2. The van der Waals surface area contributed by atoms with Crippen molar-refractivity contribution in [3.05, 3.63) is 77.9 Å². The van der Waals surface area contributed by atoms with Crippen molar-refractivity contribution in [1.82, 2.24) is 10.2 Å². The van der Waals surface area contributed by atoms with Crippen molar-refractivity contribution >= 4 is 23.2 Å². The van der Waals surface area contributed by atoms with E-state index in [4.69, 9.17) is 0 Å². The second-order valence-electron chi connectivity index (χ2n) is 5.45. The standard InChI is InChI=1S/C19H18N4O/c1-14-7-5-6-10-16(14)20-17-11-12-18(23-22-17)21-19(24)13-15-8-3-2-4-9-15/h2-12H,13H2,1H3,(H,20,22)(H,21,23,24). The van der Waals surface area contributed by atoms with E-state index in [1.807, 2.05) is 61.5 Å². The number of carbonyl (C=O) groups is 1. The molecule has 0 aliphatic rings. The quantitative estimate of drug-likeness (QED) is 0.752. The van der Waals surface area contributed by atoms with Gasteiger partial charge in [0.2, 0.25) is 5.91 Å². The summed E-state index contributed by atoms with van der Waals surface area (Å²) >= 11 is 0. The summed E-state index contributed by atoms with van der Waals surface area (Å²) in [5.74, 6) is 0.951. The third-order valence-electron chi connectivity index (χ3n) is 3.55. The van der Waals surface area contributed by atoms with Crippen LogP contribution in [0.3, 0.4) is 0 Å². The maximum atomic E-state index is 12.0. The van der Waals surface area contributed by atoms with Crippen molar-refractivity contribution in [2.45, 2.75) is 13.3 Å². The Morgan fingerprint density at radius 3 is 2.25 bits per heavy atom. The van der Waals surface area contributed by atoms with Gasteiger partial charge in [0.15, 0.2) is 11.6 Å². The lowest BCUT2D eigenvalue weighted by molar-refractivity contribution is -0.115. The Balaban J connectivity index is 1.60. The zero-order valence-electron chi connectivity index (χ0n) is 13.4. The highest BCUT2D eigenvalue weighted by molar-refractivity contribution is 5.91. The number of anilines is 3. The van der Waals surface area contributed by atoms with Crippen LogP contribution in [0.2, 0.25) is 0 Å². The number of amides is 1. The fourth-order valence-corrected chi connectivity index (χ4v) is 2.29. The van der Waals surface area contributed by atoms with Crippen LogP contribution in [0.4, 0.5) is 17.3 Å². The Morgan fingerprint density at radius 1 is 0.875 bits per heavy atom. The zero-order valence-corrected chi connectivity index (χ0v) is 13.4. The number of carbonyl (C=O) groups excluding carboxylic acids is 1. The van der Waals surface area contributed by atoms with E-state index >= 15 is 0 Å². The number of aromatic nitrogens is 2. The van der Waals surface area contributed by atoms with Gasteiger partial charge in [-0.3, -0.25) is 4.79 Å². The minimum atomic E-state index is -0.116. The third-order valence-corrected chi connectivity index (χ3v) is 3.55. The van der Waals surface area contributed by atoms with Crippen molar-refractivity contribution in [3.8, 4) is 0 Å². The molecule has 0 saturated heterocycles. The Labute approximate surface area is 140 Å².